The SMILES string of the molecule is CN(C)c1nc(Cl)c(/C=C/C(=O)C(=O)O)s1. The van der Waals surface area contributed by atoms with Crippen LogP contribution in [0.5, 0.6) is 0 Å². The summed E-state index contributed by atoms with van der Waals surface area (Å²) in [7, 11) is 3.62. The fraction of sp³-hybridized carbons (Fsp3) is 0.222. The highest BCUT2D eigenvalue weighted by molar-refractivity contribution is 7.17. The zero-order valence-electron chi connectivity index (χ0n) is 8.60. The van der Waals surface area contributed by atoms with Crippen LogP contribution in [0, 0.1) is 0 Å². The van der Waals surface area contributed by atoms with Crippen molar-refractivity contribution in [2.75, 3.05) is 19.0 Å². The molecule has 0 amide bonds. The molecular formula is C9H9ClN2O3S. The number of nitrogens with zero attached hydrogens (tertiary/aromatic N) is 2. The van der Waals surface area contributed by atoms with Crippen LogP contribution in [0.1, 0.15) is 4.88 Å². The number of aliphatic carboxylic acids is 1. The summed E-state index contributed by atoms with van der Waals surface area (Å²) < 4.78 is 0. The van der Waals surface area contributed by atoms with Gasteiger partial charge in [-0.2, -0.15) is 0 Å². The highest BCUT2D eigenvalue weighted by Gasteiger charge is 2.10. The van der Waals surface area contributed by atoms with Crippen LogP contribution in [0.25, 0.3) is 6.08 Å². The molecule has 0 saturated heterocycles. The van der Waals surface area contributed by atoms with E-state index in [2.05, 4.69) is 4.98 Å². The standard InChI is InChI=1S/C9H9ClN2O3S/c1-12(2)9-11-7(10)6(16-9)4-3-5(13)8(14)15/h3-4H,1-2H3,(H,14,15)/b4-3+. The topological polar surface area (TPSA) is 70.5 Å². The number of hydrogen-bond acceptors (Lipinski definition) is 5. The number of halogens is 1. The minimum absolute atomic E-state index is 0.253. The predicted molar refractivity (Wildman–Crippen MR) is 63.1 cm³/mol. The van der Waals surface area contributed by atoms with Crippen molar-refractivity contribution < 1.29 is 14.7 Å². The van der Waals surface area contributed by atoms with Gasteiger partial charge in [0.25, 0.3) is 5.78 Å². The Bertz CT molecular complexity index is 454. The van der Waals surface area contributed by atoms with Gasteiger partial charge in [-0.05, 0) is 12.2 Å². The fourth-order valence-corrected chi connectivity index (χ4v) is 1.91. The van der Waals surface area contributed by atoms with Crippen LogP contribution in [-0.4, -0.2) is 35.9 Å². The Balaban J connectivity index is 2.89. The van der Waals surface area contributed by atoms with Crippen molar-refractivity contribution in [3.8, 4) is 0 Å². The van der Waals surface area contributed by atoms with E-state index in [1.807, 2.05) is 14.1 Å². The van der Waals surface area contributed by atoms with Crippen LogP contribution < -0.4 is 4.90 Å². The summed E-state index contributed by atoms with van der Waals surface area (Å²) in [5.41, 5.74) is 0. The number of carbonyl (C=O) groups is 2. The molecule has 0 aliphatic carbocycles. The van der Waals surface area contributed by atoms with Gasteiger partial charge in [-0.25, -0.2) is 9.78 Å². The number of hydrogen-bond donors (Lipinski definition) is 1. The first-order valence-corrected chi connectivity index (χ1v) is 5.40. The van der Waals surface area contributed by atoms with Gasteiger partial charge in [-0.3, -0.25) is 4.79 Å². The van der Waals surface area contributed by atoms with Crippen molar-refractivity contribution in [1.29, 1.82) is 0 Å². The number of anilines is 1. The molecule has 0 aliphatic rings. The lowest BCUT2D eigenvalue weighted by molar-refractivity contribution is -0.146. The molecule has 5 nitrogen and oxygen atoms in total. The number of carboxylic acids is 1. The van der Waals surface area contributed by atoms with Crippen LogP contribution in [0.2, 0.25) is 5.15 Å². The van der Waals surface area contributed by atoms with E-state index in [1.165, 1.54) is 17.4 Å². The maximum atomic E-state index is 10.8. The lowest BCUT2D eigenvalue weighted by Crippen LogP contribution is -2.08. The minimum atomic E-state index is -1.50. The third kappa shape index (κ3) is 3.04. The molecule has 0 saturated carbocycles. The van der Waals surface area contributed by atoms with Gasteiger partial charge in [-0.1, -0.05) is 22.9 Å². The van der Waals surface area contributed by atoms with Crippen LogP contribution in [-0.2, 0) is 9.59 Å². The molecule has 0 fully saturated rings. The average Bonchev–Trinajstić information content (AvgIpc) is 2.56. The summed E-state index contributed by atoms with van der Waals surface area (Å²) in [6.45, 7) is 0. The molecule has 86 valence electrons. The summed E-state index contributed by atoms with van der Waals surface area (Å²) in [6.07, 6.45) is 2.31. The van der Waals surface area contributed by atoms with E-state index in [0.29, 0.717) is 10.0 Å². The number of ketones is 1. The highest BCUT2D eigenvalue weighted by atomic mass is 35.5. The van der Waals surface area contributed by atoms with Gasteiger partial charge in [0.05, 0.1) is 4.88 Å². The Morgan fingerprint density at radius 1 is 1.50 bits per heavy atom. The predicted octanol–water partition coefficient (Wildman–Crippen LogP) is 1.53. The lowest BCUT2D eigenvalue weighted by atomic mass is 10.3. The molecule has 0 radical (unpaired) electrons. The molecule has 0 atom stereocenters. The van der Waals surface area contributed by atoms with Crippen molar-refractivity contribution in [3.63, 3.8) is 0 Å². The van der Waals surface area contributed by atoms with Gasteiger partial charge in [0.2, 0.25) is 0 Å². The summed E-state index contributed by atoms with van der Waals surface area (Å²) in [6, 6.07) is 0. The quantitative estimate of drug-likeness (QED) is 0.657. The molecule has 7 heteroatoms. The van der Waals surface area contributed by atoms with Gasteiger partial charge < -0.3 is 10.0 Å². The van der Waals surface area contributed by atoms with Gasteiger partial charge >= 0.3 is 5.97 Å². The number of carbonyl (C=O) groups excluding carboxylic acids is 1. The number of carboxylic acid groups (broad SMARTS) is 1. The van der Waals surface area contributed by atoms with E-state index >= 15 is 0 Å². The first-order chi connectivity index (χ1) is 7.41. The zero-order valence-corrected chi connectivity index (χ0v) is 10.2. The molecule has 0 spiro atoms. The molecule has 0 bridgehead atoms. The Labute approximate surface area is 101 Å². The first kappa shape index (κ1) is 12.7. The second kappa shape index (κ2) is 5.09. The molecule has 0 unspecified atom stereocenters. The summed E-state index contributed by atoms with van der Waals surface area (Å²) in [4.78, 5) is 27.4. The monoisotopic (exact) mass is 260 g/mol. The summed E-state index contributed by atoms with van der Waals surface area (Å²) in [5, 5.41) is 9.31. The molecule has 1 aromatic heterocycles. The number of thiazole rings is 1. The third-order valence-electron chi connectivity index (χ3n) is 1.58. The smallest absolute Gasteiger partial charge is 0.376 e. The fourth-order valence-electron chi connectivity index (χ4n) is 0.819. The Hall–Kier alpha value is -1.40. The molecule has 1 rings (SSSR count). The third-order valence-corrected chi connectivity index (χ3v) is 3.17. The zero-order chi connectivity index (χ0) is 12.3. The average molecular weight is 261 g/mol. The van der Waals surface area contributed by atoms with E-state index in [-0.39, 0.29) is 5.15 Å². The molecular weight excluding hydrogens is 252 g/mol. The van der Waals surface area contributed by atoms with Crippen molar-refractivity contribution >= 4 is 45.9 Å². The maximum Gasteiger partial charge on any atom is 0.376 e. The Morgan fingerprint density at radius 3 is 2.56 bits per heavy atom. The second-order valence-corrected chi connectivity index (χ2v) is 4.42. The van der Waals surface area contributed by atoms with Crippen molar-refractivity contribution in [2.45, 2.75) is 0 Å². The molecule has 1 aromatic rings. The van der Waals surface area contributed by atoms with Gasteiger partial charge in [-0.15, -0.1) is 0 Å². The van der Waals surface area contributed by atoms with E-state index < -0.39 is 11.8 Å². The van der Waals surface area contributed by atoms with Crippen LogP contribution >= 0.6 is 22.9 Å². The molecule has 1 heterocycles. The van der Waals surface area contributed by atoms with E-state index in [9.17, 15) is 9.59 Å². The summed E-state index contributed by atoms with van der Waals surface area (Å²) in [5.74, 6) is -2.49. The van der Waals surface area contributed by atoms with Crippen molar-refractivity contribution in [3.05, 3.63) is 16.1 Å². The number of aromatic nitrogens is 1. The minimum Gasteiger partial charge on any atom is -0.475 e. The van der Waals surface area contributed by atoms with Gasteiger partial charge in [0.15, 0.2) is 5.13 Å². The lowest BCUT2D eigenvalue weighted by Gasteiger charge is -2.04. The van der Waals surface area contributed by atoms with Crippen molar-refractivity contribution in [2.24, 2.45) is 0 Å². The van der Waals surface area contributed by atoms with E-state index in [0.717, 1.165) is 6.08 Å². The van der Waals surface area contributed by atoms with Crippen LogP contribution in [0.3, 0.4) is 0 Å². The highest BCUT2D eigenvalue weighted by Crippen LogP contribution is 2.29. The first-order valence-electron chi connectivity index (χ1n) is 4.21. The largest absolute Gasteiger partial charge is 0.475 e. The maximum absolute atomic E-state index is 10.8. The molecule has 1 N–H and O–H groups in total. The number of rotatable bonds is 4. The van der Waals surface area contributed by atoms with E-state index in [4.69, 9.17) is 16.7 Å². The van der Waals surface area contributed by atoms with Gasteiger partial charge in [0, 0.05) is 14.1 Å². The molecule has 0 aliphatic heterocycles. The molecule has 16 heavy (non-hydrogen) atoms. The Morgan fingerprint density at radius 2 is 2.12 bits per heavy atom. The van der Waals surface area contributed by atoms with Crippen LogP contribution in [0.4, 0.5) is 5.13 Å². The normalized spacial score (nSPS) is 10.7. The van der Waals surface area contributed by atoms with Crippen molar-refractivity contribution in [1.82, 2.24) is 4.98 Å². The van der Waals surface area contributed by atoms with Crippen LogP contribution in [0.15, 0.2) is 6.08 Å². The summed E-state index contributed by atoms with van der Waals surface area (Å²) >= 11 is 7.09. The van der Waals surface area contributed by atoms with Gasteiger partial charge in [0.1, 0.15) is 5.15 Å². The second-order valence-electron chi connectivity index (χ2n) is 3.05. The van der Waals surface area contributed by atoms with E-state index in [1.54, 1.807) is 4.90 Å². The Kier molecular flexibility index (Phi) is 4.03. The molecule has 0 aromatic carbocycles.